The molecule has 24 heavy (non-hydrogen) atoms. The summed E-state index contributed by atoms with van der Waals surface area (Å²) in [5.41, 5.74) is 0.279. The SMILES string of the molecule is CC1(C)CC(=O)C=C(COC[C@H]2O[C@@H](O)[C@H](O)[C@@H](O)[C@@H]2O)[C@H]1CO. The summed E-state index contributed by atoms with van der Waals surface area (Å²) in [6.07, 6.45) is -5.34. The summed E-state index contributed by atoms with van der Waals surface area (Å²) in [6, 6.07) is 0. The molecule has 0 radical (unpaired) electrons. The first-order valence-corrected chi connectivity index (χ1v) is 7.97. The molecule has 1 fully saturated rings. The number of rotatable bonds is 5. The van der Waals surface area contributed by atoms with E-state index in [9.17, 15) is 30.3 Å². The minimum Gasteiger partial charge on any atom is -0.396 e. The number of ketones is 1. The lowest BCUT2D eigenvalue weighted by atomic mass is 9.68. The van der Waals surface area contributed by atoms with Gasteiger partial charge in [0.1, 0.15) is 24.4 Å². The van der Waals surface area contributed by atoms with Crippen LogP contribution in [0.1, 0.15) is 20.3 Å². The smallest absolute Gasteiger partial charge is 0.184 e. The lowest BCUT2D eigenvalue weighted by Crippen LogP contribution is -2.58. The van der Waals surface area contributed by atoms with Gasteiger partial charge in [-0.1, -0.05) is 13.8 Å². The first-order valence-electron chi connectivity index (χ1n) is 7.97. The van der Waals surface area contributed by atoms with Crippen LogP contribution in [0.15, 0.2) is 11.6 Å². The minimum absolute atomic E-state index is 0.0359. The molecule has 0 aromatic carbocycles. The zero-order valence-corrected chi connectivity index (χ0v) is 13.8. The van der Waals surface area contributed by atoms with Gasteiger partial charge in [-0.25, -0.2) is 0 Å². The molecule has 8 nitrogen and oxygen atoms in total. The number of carbonyl (C=O) groups excluding carboxylic acids is 1. The minimum atomic E-state index is -1.61. The van der Waals surface area contributed by atoms with Gasteiger partial charge in [0.2, 0.25) is 0 Å². The maximum Gasteiger partial charge on any atom is 0.184 e. The number of ether oxygens (including phenoxy) is 2. The number of aliphatic hydroxyl groups is 5. The number of aliphatic hydroxyl groups excluding tert-OH is 5. The molecule has 138 valence electrons. The van der Waals surface area contributed by atoms with E-state index in [1.807, 2.05) is 13.8 Å². The van der Waals surface area contributed by atoms with Crippen molar-refractivity contribution in [2.45, 2.75) is 51.0 Å². The fraction of sp³-hybridized carbons (Fsp3) is 0.812. The van der Waals surface area contributed by atoms with Gasteiger partial charge in [0, 0.05) is 12.3 Å². The van der Waals surface area contributed by atoms with Crippen molar-refractivity contribution in [2.75, 3.05) is 19.8 Å². The first-order chi connectivity index (χ1) is 11.2. The Bertz CT molecular complexity index is 488. The lowest BCUT2D eigenvalue weighted by molar-refractivity contribution is -0.288. The second-order valence-electron chi connectivity index (χ2n) is 7.14. The van der Waals surface area contributed by atoms with Crippen LogP contribution in [-0.4, -0.2) is 81.8 Å². The van der Waals surface area contributed by atoms with Gasteiger partial charge in [0.05, 0.1) is 19.8 Å². The molecule has 0 bridgehead atoms. The summed E-state index contributed by atoms with van der Waals surface area (Å²) < 4.78 is 10.5. The average molecular weight is 346 g/mol. The third kappa shape index (κ3) is 4.02. The van der Waals surface area contributed by atoms with Crippen molar-refractivity contribution in [1.82, 2.24) is 0 Å². The van der Waals surface area contributed by atoms with Crippen LogP contribution in [0.5, 0.6) is 0 Å². The predicted octanol–water partition coefficient (Wildman–Crippen LogP) is -1.66. The molecule has 8 heteroatoms. The second kappa shape index (κ2) is 7.57. The van der Waals surface area contributed by atoms with Crippen LogP contribution < -0.4 is 0 Å². The largest absolute Gasteiger partial charge is 0.396 e. The molecule has 5 N–H and O–H groups in total. The van der Waals surface area contributed by atoms with Crippen molar-refractivity contribution in [1.29, 1.82) is 0 Å². The zero-order chi connectivity index (χ0) is 18.1. The van der Waals surface area contributed by atoms with Crippen LogP contribution in [0, 0.1) is 11.3 Å². The molecule has 2 rings (SSSR count). The number of allylic oxidation sites excluding steroid dienone is 1. The van der Waals surface area contributed by atoms with E-state index in [4.69, 9.17) is 9.47 Å². The van der Waals surface area contributed by atoms with Crippen molar-refractivity contribution >= 4 is 5.78 Å². The molecule has 1 aliphatic heterocycles. The van der Waals surface area contributed by atoms with Crippen LogP contribution in [-0.2, 0) is 14.3 Å². The average Bonchev–Trinajstić information content (AvgIpc) is 2.48. The molecule has 0 aromatic heterocycles. The van der Waals surface area contributed by atoms with Gasteiger partial charge in [-0.15, -0.1) is 0 Å². The lowest BCUT2D eigenvalue weighted by Gasteiger charge is -2.39. The van der Waals surface area contributed by atoms with Crippen molar-refractivity contribution < 1.29 is 39.8 Å². The van der Waals surface area contributed by atoms with Crippen LogP contribution in [0.25, 0.3) is 0 Å². The number of carbonyl (C=O) groups is 1. The fourth-order valence-electron chi connectivity index (χ4n) is 3.30. The molecular formula is C16H26O8. The van der Waals surface area contributed by atoms with Crippen LogP contribution in [0.4, 0.5) is 0 Å². The van der Waals surface area contributed by atoms with Gasteiger partial charge >= 0.3 is 0 Å². The molecule has 0 aromatic rings. The monoisotopic (exact) mass is 346 g/mol. The Morgan fingerprint density at radius 3 is 2.50 bits per heavy atom. The highest BCUT2D eigenvalue weighted by molar-refractivity contribution is 5.92. The molecule has 2 aliphatic rings. The van der Waals surface area contributed by atoms with Crippen molar-refractivity contribution in [2.24, 2.45) is 11.3 Å². The van der Waals surface area contributed by atoms with Gasteiger partial charge in [0.25, 0.3) is 0 Å². The van der Waals surface area contributed by atoms with Crippen molar-refractivity contribution in [3.63, 3.8) is 0 Å². The summed E-state index contributed by atoms with van der Waals surface area (Å²) in [6.45, 7) is 3.61. The van der Waals surface area contributed by atoms with E-state index in [2.05, 4.69) is 0 Å². The van der Waals surface area contributed by atoms with E-state index in [1.165, 1.54) is 6.08 Å². The Kier molecular flexibility index (Phi) is 6.14. The Morgan fingerprint density at radius 2 is 1.88 bits per heavy atom. The Labute approximate surface area is 140 Å². The van der Waals surface area contributed by atoms with E-state index in [-0.39, 0.29) is 36.9 Å². The predicted molar refractivity (Wildman–Crippen MR) is 81.8 cm³/mol. The Morgan fingerprint density at radius 1 is 1.21 bits per heavy atom. The van der Waals surface area contributed by atoms with Gasteiger partial charge in [-0.3, -0.25) is 4.79 Å². The van der Waals surface area contributed by atoms with Crippen LogP contribution in [0.2, 0.25) is 0 Å². The summed E-state index contributed by atoms with van der Waals surface area (Å²) in [5, 5.41) is 48.0. The summed E-state index contributed by atoms with van der Waals surface area (Å²) in [4.78, 5) is 11.8. The van der Waals surface area contributed by atoms with Crippen molar-refractivity contribution in [3.8, 4) is 0 Å². The van der Waals surface area contributed by atoms with Gasteiger partial charge in [-0.2, -0.15) is 0 Å². The third-order valence-corrected chi connectivity index (χ3v) is 4.79. The highest BCUT2D eigenvalue weighted by atomic mass is 16.6. The standard InChI is InChI=1S/C16H26O8/c1-16(2)4-9(18)3-8(10(16)5-17)6-23-7-11-12(19)13(20)14(21)15(22)24-11/h3,10-15,17,19-22H,4-7H2,1-2H3/t10-,11-,12-,13+,14-,15-/m1/s1. The molecule has 1 heterocycles. The van der Waals surface area contributed by atoms with Crippen LogP contribution in [0.3, 0.4) is 0 Å². The topological polar surface area (TPSA) is 137 Å². The van der Waals surface area contributed by atoms with Gasteiger partial charge in [0.15, 0.2) is 12.1 Å². The molecule has 6 atom stereocenters. The van der Waals surface area contributed by atoms with E-state index >= 15 is 0 Å². The van der Waals surface area contributed by atoms with E-state index in [1.54, 1.807) is 0 Å². The molecule has 1 saturated heterocycles. The zero-order valence-electron chi connectivity index (χ0n) is 13.8. The highest BCUT2D eigenvalue weighted by Crippen LogP contribution is 2.39. The van der Waals surface area contributed by atoms with Crippen molar-refractivity contribution in [3.05, 3.63) is 11.6 Å². The quantitative estimate of drug-likeness (QED) is 0.399. The Hall–Kier alpha value is -0.870. The highest BCUT2D eigenvalue weighted by Gasteiger charge is 2.43. The van der Waals surface area contributed by atoms with E-state index in [0.717, 1.165) is 0 Å². The molecule has 0 amide bonds. The Balaban J connectivity index is 1.94. The number of hydrogen-bond donors (Lipinski definition) is 5. The normalized spacial score (nSPS) is 39.6. The third-order valence-electron chi connectivity index (χ3n) is 4.79. The molecular weight excluding hydrogens is 320 g/mol. The fourth-order valence-corrected chi connectivity index (χ4v) is 3.30. The summed E-state index contributed by atoms with van der Waals surface area (Å²) in [7, 11) is 0. The van der Waals surface area contributed by atoms with Crippen LogP contribution >= 0.6 is 0 Å². The maximum absolute atomic E-state index is 11.8. The second-order valence-corrected chi connectivity index (χ2v) is 7.14. The van der Waals surface area contributed by atoms with Gasteiger partial charge in [-0.05, 0) is 17.1 Å². The summed E-state index contributed by atoms with van der Waals surface area (Å²) in [5.74, 6) is -0.253. The first kappa shape index (κ1) is 19.5. The van der Waals surface area contributed by atoms with Gasteiger partial charge < -0.3 is 35.0 Å². The van der Waals surface area contributed by atoms with E-state index in [0.29, 0.717) is 12.0 Å². The summed E-state index contributed by atoms with van der Waals surface area (Å²) >= 11 is 0. The molecule has 0 spiro atoms. The molecule has 0 saturated carbocycles. The maximum atomic E-state index is 11.8. The van der Waals surface area contributed by atoms with E-state index < -0.39 is 30.7 Å². The molecule has 1 aliphatic carbocycles. The molecule has 0 unspecified atom stereocenters. The number of hydrogen-bond acceptors (Lipinski definition) is 8.